The lowest BCUT2D eigenvalue weighted by Crippen LogP contribution is -2.21. The number of anilines is 2. The lowest BCUT2D eigenvalue weighted by molar-refractivity contribution is 0.600. The van der Waals surface area contributed by atoms with Crippen molar-refractivity contribution in [3.8, 4) is 6.07 Å². The smallest absolute Gasteiger partial charge is 0.220 e. The Morgan fingerprint density at radius 3 is 2.64 bits per heavy atom. The summed E-state index contributed by atoms with van der Waals surface area (Å²) in [7, 11) is -3.94. The molecular formula is C15H8ClFN2O2S. The van der Waals surface area contributed by atoms with Gasteiger partial charge in [0.15, 0.2) is 4.91 Å². The summed E-state index contributed by atoms with van der Waals surface area (Å²) in [6, 6.07) is 11.6. The number of allylic oxidation sites excluding steroid dienone is 1. The zero-order valence-electron chi connectivity index (χ0n) is 11.0. The van der Waals surface area contributed by atoms with Crippen LogP contribution in [-0.4, -0.2) is 8.42 Å². The van der Waals surface area contributed by atoms with Gasteiger partial charge in [0.25, 0.3) is 0 Å². The van der Waals surface area contributed by atoms with Gasteiger partial charge < -0.3 is 4.90 Å². The van der Waals surface area contributed by atoms with Gasteiger partial charge in [0.1, 0.15) is 11.9 Å². The van der Waals surface area contributed by atoms with Gasteiger partial charge in [-0.05, 0) is 36.4 Å². The van der Waals surface area contributed by atoms with E-state index in [1.54, 1.807) is 30.3 Å². The van der Waals surface area contributed by atoms with Crippen molar-refractivity contribution < 1.29 is 12.8 Å². The third kappa shape index (κ3) is 2.25. The van der Waals surface area contributed by atoms with Crippen molar-refractivity contribution in [2.75, 3.05) is 4.90 Å². The van der Waals surface area contributed by atoms with Crippen LogP contribution < -0.4 is 4.90 Å². The van der Waals surface area contributed by atoms with E-state index in [9.17, 15) is 12.8 Å². The van der Waals surface area contributed by atoms with Crippen LogP contribution in [0.1, 0.15) is 0 Å². The highest BCUT2D eigenvalue weighted by Crippen LogP contribution is 2.40. The molecule has 0 radical (unpaired) electrons. The minimum Gasteiger partial charge on any atom is -0.314 e. The Bertz CT molecular complexity index is 948. The minimum atomic E-state index is -3.94. The SMILES string of the molecule is N#CC1=CN(c2cccc(Cl)c2)c2cc(F)ccc2S1(=O)=O. The fraction of sp³-hybridized carbons (Fsp3) is 0. The predicted octanol–water partition coefficient (Wildman–Crippen LogP) is 3.77. The average Bonchev–Trinajstić information content (AvgIpc) is 2.47. The van der Waals surface area contributed by atoms with Crippen molar-refractivity contribution in [1.82, 2.24) is 0 Å². The van der Waals surface area contributed by atoms with Crippen LogP contribution in [0.2, 0.25) is 5.02 Å². The molecule has 0 saturated heterocycles. The van der Waals surface area contributed by atoms with Gasteiger partial charge in [-0.1, -0.05) is 17.7 Å². The highest BCUT2D eigenvalue weighted by molar-refractivity contribution is 7.95. The van der Waals surface area contributed by atoms with E-state index in [1.165, 1.54) is 11.1 Å². The van der Waals surface area contributed by atoms with Crippen LogP contribution in [0.4, 0.5) is 15.8 Å². The highest BCUT2D eigenvalue weighted by atomic mass is 35.5. The summed E-state index contributed by atoms with van der Waals surface area (Å²) in [5, 5.41) is 9.54. The first-order valence-electron chi connectivity index (χ1n) is 6.15. The zero-order valence-corrected chi connectivity index (χ0v) is 12.6. The molecule has 0 aliphatic carbocycles. The third-order valence-electron chi connectivity index (χ3n) is 3.20. The molecule has 0 unspecified atom stereocenters. The first-order chi connectivity index (χ1) is 10.4. The summed E-state index contributed by atoms with van der Waals surface area (Å²) in [6.07, 6.45) is 1.17. The largest absolute Gasteiger partial charge is 0.314 e. The number of nitriles is 1. The van der Waals surface area contributed by atoms with Crippen LogP contribution >= 0.6 is 11.6 Å². The maximum atomic E-state index is 13.6. The van der Waals surface area contributed by atoms with E-state index in [2.05, 4.69) is 0 Å². The molecule has 3 rings (SSSR count). The third-order valence-corrected chi connectivity index (χ3v) is 5.14. The zero-order chi connectivity index (χ0) is 15.9. The summed E-state index contributed by atoms with van der Waals surface area (Å²) < 4.78 is 38.2. The maximum absolute atomic E-state index is 13.6. The van der Waals surface area contributed by atoms with E-state index in [0.717, 1.165) is 18.2 Å². The first kappa shape index (κ1) is 14.6. The van der Waals surface area contributed by atoms with Gasteiger partial charge >= 0.3 is 0 Å². The van der Waals surface area contributed by atoms with Gasteiger partial charge in [-0.15, -0.1) is 0 Å². The Morgan fingerprint density at radius 1 is 1.18 bits per heavy atom. The van der Waals surface area contributed by atoms with Crippen molar-refractivity contribution in [3.63, 3.8) is 0 Å². The minimum absolute atomic E-state index is 0.118. The van der Waals surface area contributed by atoms with Crippen molar-refractivity contribution in [2.45, 2.75) is 4.90 Å². The number of benzene rings is 2. The van der Waals surface area contributed by atoms with E-state index >= 15 is 0 Å². The van der Waals surface area contributed by atoms with Crippen LogP contribution in [0, 0.1) is 17.1 Å². The molecule has 0 atom stereocenters. The van der Waals surface area contributed by atoms with Gasteiger partial charge in [0, 0.05) is 16.9 Å². The molecule has 110 valence electrons. The Labute approximate surface area is 131 Å². The Balaban J connectivity index is 2.32. The number of hydrogen-bond acceptors (Lipinski definition) is 4. The molecule has 4 nitrogen and oxygen atoms in total. The monoisotopic (exact) mass is 334 g/mol. The summed E-state index contributed by atoms with van der Waals surface area (Å²) in [4.78, 5) is 0.906. The quantitative estimate of drug-likeness (QED) is 0.745. The fourth-order valence-electron chi connectivity index (χ4n) is 2.21. The second kappa shape index (κ2) is 5.13. The second-order valence-electron chi connectivity index (χ2n) is 4.57. The lowest BCUT2D eigenvalue weighted by Gasteiger charge is -2.27. The molecule has 7 heteroatoms. The fourth-order valence-corrected chi connectivity index (χ4v) is 3.67. The molecule has 0 aromatic heterocycles. The second-order valence-corrected chi connectivity index (χ2v) is 6.89. The number of sulfone groups is 1. The van der Waals surface area contributed by atoms with Gasteiger partial charge in [-0.3, -0.25) is 0 Å². The van der Waals surface area contributed by atoms with Gasteiger partial charge in [-0.2, -0.15) is 5.26 Å². The van der Waals surface area contributed by atoms with Gasteiger partial charge in [0.2, 0.25) is 9.84 Å². The standard InChI is InChI=1S/C15H8ClFN2O2S/c16-10-2-1-3-12(6-10)19-9-13(8-18)22(20,21)15-5-4-11(17)7-14(15)19/h1-7,9H. The van der Waals surface area contributed by atoms with Gasteiger partial charge in [-0.25, -0.2) is 12.8 Å². The summed E-state index contributed by atoms with van der Waals surface area (Å²) in [6.45, 7) is 0. The molecule has 2 aromatic rings. The number of fused-ring (bicyclic) bond motifs is 1. The summed E-state index contributed by atoms with van der Waals surface area (Å²) >= 11 is 5.94. The molecule has 0 bridgehead atoms. The molecule has 0 N–H and O–H groups in total. The Morgan fingerprint density at radius 2 is 1.95 bits per heavy atom. The topological polar surface area (TPSA) is 61.2 Å². The number of halogens is 2. The molecule has 0 spiro atoms. The van der Waals surface area contributed by atoms with Crippen LogP contribution in [0.3, 0.4) is 0 Å². The predicted molar refractivity (Wildman–Crippen MR) is 80.9 cm³/mol. The molecule has 22 heavy (non-hydrogen) atoms. The van der Waals surface area contributed by atoms with Crippen molar-refractivity contribution in [2.24, 2.45) is 0 Å². The number of hydrogen-bond donors (Lipinski definition) is 0. The van der Waals surface area contributed by atoms with E-state index in [1.807, 2.05) is 0 Å². The molecule has 0 fully saturated rings. The molecule has 1 heterocycles. The van der Waals surface area contributed by atoms with Crippen LogP contribution in [-0.2, 0) is 9.84 Å². The van der Waals surface area contributed by atoms with E-state index in [0.29, 0.717) is 10.7 Å². The van der Waals surface area contributed by atoms with Crippen LogP contribution in [0.5, 0.6) is 0 Å². The van der Waals surface area contributed by atoms with Crippen LogP contribution in [0.15, 0.2) is 58.5 Å². The summed E-state index contributed by atoms with van der Waals surface area (Å²) in [5.74, 6) is -0.574. The molecule has 1 aliphatic rings. The van der Waals surface area contributed by atoms with Gasteiger partial charge in [0.05, 0.1) is 10.6 Å². The van der Waals surface area contributed by atoms with E-state index in [-0.39, 0.29) is 10.6 Å². The number of nitrogens with zero attached hydrogens (tertiary/aromatic N) is 2. The highest BCUT2D eigenvalue weighted by Gasteiger charge is 2.32. The lowest BCUT2D eigenvalue weighted by atomic mass is 10.2. The van der Waals surface area contributed by atoms with Crippen LogP contribution in [0.25, 0.3) is 0 Å². The average molecular weight is 335 g/mol. The Kier molecular flexibility index (Phi) is 3.39. The first-order valence-corrected chi connectivity index (χ1v) is 8.01. The molecule has 1 aliphatic heterocycles. The molecule has 0 saturated carbocycles. The molecular weight excluding hydrogens is 327 g/mol. The maximum Gasteiger partial charge on any atom is 0.220 e. The van der Waals surface area contributed by atoms with Crippen molar-refractivity contribution in [1.29, 1.82) is 5.26 Å². The van der Waals surface area contributed by atoms with E-state index in [4.69, 9.17) is 16.9 Å². The van der Waals surface area contributed by atoms with E-state index < -0.39 is 20.6 Å². The molecule has 0 amide bonds. The summed E-state index contributed by atoms with van der Waals surface area (Å²) in [5.41, 5.74) is 0.670. The normalized spacial score (nSPS) is 15.7. The molecule has 2 aromatic carbocycles. The Hall–Kier alpha value is -2.36. The number of rotatable bonds is 1. The van der Waals surface area contributed by atoms with Crippen molar-refractivity contribution >= 4 is 32.8 Å². The van der Waals surface area contributed by atoms with Crippen molar-refractivity contribution in [3.05, 3.63) is 64.4 Å².